The molecule has 0 aliphatic rings. The van der Waals surface area contributed by atoms with E-state index >= 15 is 0 Å². The van der Waals surface area contributed by atoms with E-state index in [0.717, 1.165) is 5.30 Å². The second-order valence-electron chi connectivity index (χ2n) is 3.39. The fraction of sp³-hybridized carbons (Fsp3) is 0.333. The van der Waals surface area contributed by atoms with Crippen LogP contribution in [-0.4, -0.2) is 18.8 Å². The summed E-state index contributed by atoms with van der Waals surface area (Å²) in [6.45, 7) is 0. The maximum absolute atomic E-state index is 11.6. The summed E-state index contributed by atoms with van der Waals surface area (Å²) in [6, 6.07) is 9.28. The molecule has 4 heteroatoms. The molecule has 0 aliphatic carbocycles. The van der Waals surface area contributed by atoms with Crippen LogP contribution in [0.4, 0.5) is 0 Å². The Morgan fingerprint density at radius 3 is 2.15 bits per heavy atom. The van der Waals surface area contributed by atoms with E-state index in [1.807, 2.05) is 49.1 Å². The Morgan fingerprint density at radius 2 is 1.69 bits per heavy atom. The maximum Gasteiger partial charge on any atom is 0.559 e. The molecule has 0 saturated carbocycles. The number of hydrogen-bond acceptors (Lipinski definition) is 2. The van der Waals surface area contributed by atoms with Crippen molar-refractivity contribution in [2.45, 2.75) is 0 Å². The quantitative estimate of drug-likeness (QED) is 0.727. The van der Waals surface area contributed by atoms with Crippen molar-refractivity contribution in [2.75, 3.05) is 18.8 Å². The van der Waals surface area contributed by atoms with Gasteiger partial charge < -0.3 is 0 Å². The van der Waals surface area contributed by atoms with Gasteiger partial charge in [-0.25, -0.2) is 0 Å². The molecule has 1 aromatic rings. The second-order valence-corrected chi connectivity index (χ2v) is 8.47. The van der Waals surface area contributed by atoms with Gasteiger partial charge in [0.05, 0.1) is 0 Å². The highest BCUT2D eigenvalue weighted by molar-refractivity contribution is 8.29. The second kappa shape index (κ2) is 4.23. The Hall–Kier alpha value is -0.370. The summed E-state index contributed by atoms with van der Waals surface area (Å²) in [4.78, 5) is 0. The van der Waals surface area contributed by atoms with Crippen molar-refractivity contribution in [3.05, 3.63) is 30.3 Å². The Morgan fingerprint density at radius 1 is 1.15 bits per heavy atom. The first-order chi connectivity index (χ1) is 5.99. The summed E-state index contributed by atoms with van der Waals surface area (Å²) in [5.74, 6) is 0. The van der Waals surface area contributed by atoms with Crippen LogP contribution in [0, 0.1) is 0 Å². The first-order valence-corrected chi connectivity index (χ1v) is 7.85. The molecule has 0 radical (unpaired) electrons. The molecule has 0 N–H and O–H groups in total. The summed E-state index contributed by atoms with van der Waals surface area (Å²) < 4.78 is 17.0. The van der Waals surface area contributed by atoms with Gasteiger partial charge in [0.2, 0.25) is 5.30 Å². The van der Waals surface area contributed by atoms with Crippen LogP contribution in [0.2, 0.25) is 0 Å². The molecule has 13 heavy (non-hydrogen) atoms. The van der Waals surface area contributed by atoms with Crippen molar-refractivity contribution in [1.82, 2.24) is 0 Å². The van der Waals surface area contributed by atoms with Gasteiger partial charge in [0.1, 0.15) is 0 Å². The minimum Gasteiger partial charge on any atom is -0.0907 e. The molecule has 1 aromatic carbocycles. The van der Waals surface area contributed by atoms with Crippen molar-refractivity contribution in [3.8, 4) is 0 Å². The predicted molar refractivity (Wildman–Crippen MR) is 60.1 cm³/mol. The SMILES string of the molecule is CS(C)(C)O[P+](=O)c1ccccc1. The van der Waals surface area contributed by atoms with E-state index in [0.29, 0.717) is 0 Å². The lowest BCUT2D eigenvalue weighted by Crippen LogP contribution is -1.99. The molecule has 0 aliphatic heterocycles. The molecular formula is C9H14O2PS+. The fourth-order valence-corrected chi connectivity index (χ4v) is 3.18. The third-order valence-electron chi connectivity index (χ3n) is 1.26. The number of rotatable bonds is 3. The van der Waals surface area contributed by atoms with E-state index in [9.17, 15) is 4.57 Å². The van der Waals surface area contributed by atoms with Crippen molar-refractivity contribution in [1.29, 1.82) is 0 Å². The maximum atomic E-state index is 11.6. The van der Waals surface area contributed by atoms with Gasteiger partial charge in [-0.05, 0) is 35.5 Å². The van der Waals surface area contributed by atoms with Gasteiger partial charge in [-0.15, -0.1) is 0 Å². The molecule has 0 fully saturated rings. The standard InChI is InChI=1S/C9H14O2PS/c1-13(2,3)11-12(10)9-7-5-4-6-8-9/h4-8H,1-3H3/q+1. The number of hydrogen-bond donors (Lipinski definition) is 0. The molecule has 2 nitrogen and oxygen atoms in total. The minimum atomic E-state index is -1.68. The smallest absolute Gasteiger partial charge is 0.0907 e. The van der Waals surface area contributed by atoms with E-state index < -0.39 is 18.3 Å². The lowest BCUT2D eigenvalue weighted by atomic mass is 10.4. The van der Waals surface area contributed by atoms with E-state index in [1.54, 1.807) is 0 Å². The van der Waals surface area contributed by atoms with Crippen LogP contribution in [0.3, 0.4) is 0 Å². The Kier molecular flexibility index (Phi) is 3.48. The molecule has 0 aromatic heterocycles. The van der Waals surface area contributed by atoms with Gasteiger partial charge in [0.25, 0.3) is 0 Å². The summed E-state index contributed by atoms with van der Waals surface area (Å²) in [5, 5.41) is 0.764. The molecule has 0 heterocycles. The molecule has 1 unspecified atom stereocenters. The molecule has 1 atom stereocenters. The van der Waals surface area contributed by atoms with Crippen molar-refractivity contribution in [2.24, 2.45) is 0 Å². The molecule has 0 saturated heterocycles. The van der Waals surface area contributed by atoms with E-state index in [1.165, 1.54) is 0 Å². The summed E-state index contributed by atoms with van der Waals surface area (Å²) in [5.41, 5.74) is 0. The molecular weight excluding hydrogens is 203 g/mol. The van der Waals surface area contributed by atoms with E-state index in [4.69, 9.17) is 3.97 Å². The zero-order chi connectivity index (χ0) is 9.90. The van der Waals surface area contributed by atoms with Crippen LogP contribution in [0.1, 0.15) is 0 Å². The Balaban J connectivity index is 2.71. The molecule has 0 spiro atoms. The summed E-state index contributed by atoms with van der Waals surface area (Å²) >= 11 is 0. The average molecular weight is 217 g/mol. The number of benzene rings is 1. The van der Waals surface area contributed by atoms with Crippen molar-refractivity contribution >= 4 is 23.6 Å². The van der Waals surface area contributed by atoms with Crippen LogP contribution in [0.25, 0.3) is 0 Å². The van der Waals surface area contributed by atoms with E-state index in [2.05, 4.69) is 0 Å². The molecule has 0 bridgehead atoms. The monoisotopic (exact) mass is 217 g/mol. The van der Waals surface area contributed by atoms with Crippen LogP contribution >= 0.6 is 18.3 Å². The highest BCUT2D eigenvalue weighted by Gasteiger charge is 2.27. The highest BCUT2D eigenvalue weighted by atomic mass is 32.3. The highest BCUT2D eigenvalue weighted by Crippen LogP contribution is 2.46. The van der Waals surface area contributed by atoms with Gasteiger partial charge >= 0.3 is 8.03 Å². The van der Waals surface area contributed by atoms with Gasteiger partial charge in [-0.2, -0.15) is 0 Å². The van der Waals surface area contributed by atoms with Crippen LogP contribution in [-0.2, 0) is 8.54 Å². The first-order valence-electron chi connectivity index (χ1n) is 3.89. The van der Waals surface area contributed by atoms with Crippen LogP contribution in [0.5, 0.6) is 0 Å². The molecule has 72 valence electrons. The van der Waals surface area contributed by atoms with Gasteiger partial charge in [-0.1, -0.05) is 32.5 Å². The van der Waals surface area contributed by atoms with Gasteiger partial charge in [0, 0.05) is 0 Å². The summed E-state index contributed by atoms with van der Waals surface area (Å²) in [7, 11) is -2.83. The Bertz CT molecular complexity index is 292. The molecule has 0 amide bonds. The third kappa shape index (κ3) is 3.90. The largest absolute Gasteiger partial charge is 0.559 e. The average Bonchev–Trinajstić information content (AvgIpc) is 2.03. The van der Waals surface area contributed by atoms with Crippen molar-refractivity contribution in [3.63, 3.8) is 0 Å². The zero-order valence-corrected chi connectivity index (χ0v) is 9.77. The van der Waals surface area contributed by atoms with Crippen molar-refractivity contribution < 1.29 is 8.54 Å². The topological polar surface area (TPSA) is 26.3 Å². The molecule has 1 rings (SSSR count). The van der Waals surface area contributed by atoms with Gasteiger partial charge in [-0.3, -0.25) is 0 Å². The van der Waals surface area contributed by atoms with Gasteiger partial charge in [0.15, 0.2) is 0 Å². The van der Waals surface area contributed by atoms with Crippen LogP contribution in [0.15, 0.2) is 30.3 Å². The Labute approximate surface area is 81.7 Å². The van der Waals surface area contributed by atoms with Crippen LogP contribution < -0.4 is 5.30 Å². The first kappa shape index (κ1) is 10.7. The normalized spacial score (nSPS) is 13.9. The zero-order valence-electron chi connectivity index (χ0n) is 8.06. The lowest BCUT2D eigenvalue weighted by molar-refractivity contribution is 0.539. The third-order valence-corrected chi connectivity index (χ3v) is 4.31. The van der Waals surface area contributed by atoms with E-state index in [-0.39, 0.29) is 0 Å². The lowest BCUT2D eigenvalue weighted by Gasteiger charge is -2.15. The fourth-order valence-electron chi connectivity index (χ4n) is 0.796. The minimum absolute atomic E-state index is 0.764. The summed E-state index contributed by atoms with van der Waals surface area (Å²) in [6.07, 6.45) is 5.93. The predicted octanol–water partition coefficient (Wildman–Crippen LogP) is 2.68.